The van der Waals surface area contributed by atoms with Crippen molar-refractivity contribution in [1.82, 2.24) is 15.1 Å². The fourth-order valence-corrected chi connectivity index (χ4v) is 5.04. The van der Waals surface area contributed by atoms with E-state index in [9.17, 15) is 9.59 Å². The number of nitrogens with one attached hydrogen (secondary N) is 1. The standard InChI is InChI=1S/C20H35N3O3/c1-22(14-19(24)25)17-8-5-10-23(11-9-17)20(26)21-13-16-12-18(16)15-6-3-2-4-7-15/h15-18H,2-14H2,1H3,(H,21,26)(H,24,25)/t16-,17?,18-/m0/s1. The van der Waals surface area contributed by atoms with Crippen molar-refractivity contribution in [1.29, 1.82) is 0 Å². The summed E-state index contributed by atoms with van der Waals surface area (Å²) in [5, 5.41) is 12.1. The molecule has 0 aromatic carbocycles. The molecule has 3 aliphatic rings. The van der Waals surface area contributed by atoms with Gasteiger partial charge in [-0.25, -0.2) is 4.79 Å². The number of carbonyl (C=O) groups is 2. The molecule has 2 N–H and O–H groups in total. The summed E-state index contributed by atoms with van der Waals surface area (Å²) in [6.07, 6.45) is 11.0. The number of carboxylic acid groups (broad SMARTS) is 1. The smallest absolute Gasteiger partial charge is 0.317 e. The molecule has 1 heterocycles. The van der Waals surface area contributed by atoms with E-state index in [0.717, 1.165) is 50.7 Å². The number of hydrogen-bond donors (Lipinski definition) is 2. The first-order valence-corrected chi connectivity index (χ1v) is 10.5. The second-order valence-corrected chi connectivity index (χ2v) is 8.62. The molecule has 3 fully saturated rings. The summed E-state index contributed by atoms with van der Waals surface area (Å²) < 4.78 is 0. The molecule has 0 bridgehead atoms. The SMILES string of the molecule is CN(CC(=O)O)C1CCCN(C(=O)NC[C@@H]2C[C@H]2C2CCCCC2)CC1. The van der Waals surface area contributed by atoms with Gasteiger partial charge in [-0.15, -0.1) is 0 Å². The van der Waals surface area contributed by atoms with E-state index in [0.29, 0.717) is 5.92 Å². The molecule has 2 aliphatic carbocycles. The van der Waals surface area contributed by atoms with Crippen molar-refractivity contribution in [3.63, 3.8) is 0 Å². The van der Waals surface area contributed by atoms with Gasteiger partial charge >= 0.3 is 12.0 Å². The molecule has 2 amide bonds. The lowest BCUT2D eigenvalue weighted by molar-refractivity contribution is -0.138. The lowest BCUT2D eigenvalue weighted by Crippen LogP contribution is -2.42. The van der Waals surface area contributed by atoms with Crippen molar-refractivity contribution in [2.75, 3.05) is 33.2 Å². The van der Waals surface area contributed by atoms with E-state index in [1.54, 1.807) is 0 Å². The maximum atomic E-state index is 12.5. The van der Waals surface area contributed by atoms with E-state index < -0.39 is 5.97 Å². The zero-order chi connectivity index (χ0) is 18.5. The first-order valence-electron chi connectivity index (χ1n) is 10.5. The monoisotopic (exact) mass is 365 g/mol. The van der Waals surface area contributed by atoms with E-state index >= 15 is 0 Å². The zero-order valence-corrected chi connectivity index (χ0v) is 16.2. The predicted molar refractivity (Wildman–Crippen MR) is 101 cm³/mol. The topological polar surface area (TPSA) is 72.9 Å². The van der Waals surface area contributed by atoms with Crippen LogP contribution in [0.15, 0.2) is 0 Å². The Kier molecular flexibility index (Phi) is 6.79. The van der Waals surface area contributed by atoms with Crippen molar-refractivity contribution in [2.45, 2.75) is 63.8 Å². The van der Waals surface area contributed by atoms with Gasteiger partial charge in [-0.1, -0.05) is 32.1 Å². The quantitative estimate of drug-likeness (QED) is 0.759. The molecule has 1 saturated heterocycles. The fraction of sp³-hybridized carbons (Fsp3) is 0.900. The summed E-state index contributed by atoms with van der Waals surface area (Å²) >= 11 is 0. The van der Waals surface area contributed by atoms with Crippen LogP contribution < -0.4 is 5.32 Å². The maximum Gasteiger partial charge on any atom is 0.317 e. The summed E-state index contributed by atoms with van der Waals surface area (Å²) in [4.78, 5) is 27.2. The van der Waals surface area contributed by atoms with Crippen molar-refractivity contribution < 1.29 is 14.7 Å². The van der Waals surface area contributed by atoms with Crippen LogP contribution in [0.3, 0.4) is 0 Å². The van der Waals surface area contributed by atoms with E-state index in [1.165, 1.54) is 38.5 Å². The van der Waals surface area contributed by atoms with Gasteiger partial charge in [-0.2, -0.15) is 0 Å². The third-order valence-electron chi connectivity index (χ3n) is 6.74. The second kappa shape index (κ2) is 9.07. The second-order valence-electron chi connectivity index (χ2n) is 8.62. The van der Waals surface area contributed by atoms with Gasteiger partial charge in [0.2, 0.25) is 0 Å². The average Bonchev–Trinajstić information content (AvgIpc) is 3.43. The van der Waals surface area contributed by atoms with Crippen molar-refractivity contribution in [3.8, 4) is 0 Å². The van der Waals surface area contributed by atoms with Crippen LogP contribution >= 0.6 is 0 Å². The molecule has 3 atom stereocenters. The number of urea groups is 1. The number of likely N-dealkylation sites (N-methyl/N-ethyl adjacent to an activating group) is 1. The molecule has 6 nitrogen and oxygen atoms in total. The molecule has 3 rings (SSSR count). The van der Waals surface area contributed by atoms with Crippen LogP contribution in [-0.4, -0.2) is 66.2 Å². The van der Waals surface area contributed by atoms with Crippen LogP contribution in [0.4, 0.5) is 4.79 Å². The average molecular weight is 366 g/mol. The maximum absolute atomic E-state index is 12.5. The van der Waals surface area contributed by atoms with Gasteiger partial charge in [0.1, 0.15) is 0 Å². The van der Waals surface area contributed by atoms with Crippen LogP contribution in [0.25, 0.3) is 0 Å². The van der Waals surface area contributed by atoms with E-state index in [1.807, 2.05) is 16.8 Å². The Bertz CT molecular complexity index is 493. The number of nitrogens with zero attached hydrogens (tertiary/aromatic N) is 2. The fourth-order valence-electron chi connectivity index (χ4n) is 5.04. The van der Waals surface area contributed by atoms with Crippen molar-refractivity contribution in [3.05, 3.63) is 0 Å². The Morgan fingerprint density at radius 1 is 1.08 bits per heavy atom. The van der Waals surface area contributed by atoms with Gasteiger partial charge in [0, 0.05) is 25.7 Å². The predicted octanol–water partition coefficient (Wildman–Crippen LogP) is 2.78. The van der Waals surface area contributed by atoms with Gasteiger partial charge in [-0.3, -0.25) is 9.69 Å². The molecular weight excluding hydrogens is 330 g/mol. The summed E-state index contributed by atoms with van der Waals surface area (Å²) in [5.41, 5.74) is 0. The van der Waals surface area contributed by atoms with Crippen molar-refractivity contribution in [2.24, 2.45) is 17.8 Å². The lowest BCUT2D eigenvalue weighted by atomic mass is 9.85. The van der Waals surface area contributed by atoms with Crippen LogP contribution in [-0.2, 0) is 4.79 Å². The number of carboxylic acids is 1. The van der Waals surface area contributed by atoms with Gasteiger partial charge < -0.3 is 15.3 Å². The van der Waals surface area contributed by atoms with Crippen LogP contribution in [0.5, 0.6) is 0 Å². The highest BCUT2D eigenvalue weighted by molar-refractivity contribution is 5.74. The number of hydrogen-bond acceptors (Lipinski definition) is 3. The molecule has 148 valence electrons. The Labute approximate surface area is 157 Å². The van der Waals surface area contributed by atoms with E-state index in [4.69, 9.17) is 5.11 Å². The van der Waals surface area contributed by atoms with Crippen LogP contribution in [0.2, 0.25) is 0 Å². The third kappa shape index (κ3) is 5.35. The van der Waals surface area contributed by atoms with Gasteiger partial charge in [0.05, 0.1) is 6.54 Å². The molecule has 26 heavy (non-hydrogen) atoms. The Balaban J connectivity index is 1.37. The molecule has 0 radical (unpaired) electrons. The minimum absolute atomic E-state index is 0.0702. The molecule has 1 unspecified atom stereocenters. The van der Waals surface area contributed by atoms with Gasteiger partial charge in [-0.05, 0) is 50.5 Å². The number of rotatable bonds is 6. The molecular formula is C20H35N3O3. The van der Waals surface area contributed by atoms with Gasteiger partial charge in [0.15, 0.2) is 0 Å². The molecule has 0 aromatic rings. The van der Waals surface area contributed by atoms with E-state index in [2.05, 4.69) is 5.32 Å². The van der Waals surface area contributed by atoms with Crippen LogP contribution in [0.1, 0.15) is 57.8 Å². The summed E-state index contributed by atoms with van der Waals surface area (Å²) in [6, 6.07) is 0.323. The van der Waals surface area contributed by atoms with E-state index in [-0.39, 0.29) is 18.6 Å². The normalized spacial score (nSPS) is 30.1. The van der Waals surface area contributed by atoms with Crippen molar-refractivity contribution >= 4 is 12.0 Å². The highest BCUT2D eigenvalue weighted by atomic mass is 16.4. The minimum Gasteiger partial charge on any atom is -0.480 e. The number of amides is 2. The molecule has 2 saturated carbocycles. The minimum atomic E-state index is -0.789. The molecule has 1 aliphatic heterocycles. The summed E-state index contributed by atoms with van der Waals surface area (Å²) in [5.74, 6) is 1.68. The third-order valence-corrected chi connectivity index (χ3v) is 6.74. The summed E-state index contributed by atoms with van der Waals surface area (Å²) in [7, 11) is 1.87. The first kappa shape index (κ1) is 19.5. The lowest BCUT2D eigenvalue weighted by Gasteiger charge is -2.25. The van der Waals surface area contributed by atoms with Gasteiger partial charge in [0.25, 0.3) is 0 Å². The highest BCUT2D eigenvalue weighted by Gasteiger charge is 2.42. The Morgan fingerprint density at radius 2 is 1.85 bits per heavy atom. The molecule has 6 heteroatoms. The molecule has 0 spiro atoms. The number of aliphatic carboxylic acids is 1. The summed E-state index contributed by atoms with van der Waals surface area (Å²) in [6.45, 7) is 2.40. The van der Waals surface area contributed by atoms with Crippen LogP contribution in [0, 0.1) is 17.8 Å². The zero-order valence-electron chi connectivity index (χ0n) is 16.2. The highest BCUT2D eigenvalue weighted by Crippen LogP contribution is 2.48. The Hall–Kier alpha value is -1.30. The largest absolute Gasteiger partial charge is 0.480 e. The Morgan fingerprint density at radius 3 is 2.58 bits per heavy atom. The molecule has 0 aromatic heterocycles. The number of likely N-dealkylation sites (tertiary alicyclic amines) is 1. The first-order chi connectivity index (χ1) is 12.5. The number of carbonyl (C=O) groups excluding carboxylic acids is 1.